The van der Waals surface area contributed by atoms with Gasteiger partial charge in [0.15, 0.2) is 10.8 Å². The van der Waals surface area contributed by atoms with E-state index in [-0.39, 0.29) is 5.91 Å². The Morgan fingerprint density at radius 3 is 2.87 bits per heavy atom. The lowest BCUT2D eigenvalue weighted by atomic mass is 9.88. The summed E-state index contributed by atoms with van der Waals surface area (Å²) in [5, 5.41) is 7.91. The zero-order valence-corrected chi connectivity index (χ0v) is 19.0. The number of primary amides is 1. The van der Waals surface area contributed by atoms with Crippen molar-refractivity contribution in [3.8, 4) is 0 Å². The summed E-state index contributed by atoms with van der Waals surface area (Å²) in [5.74, 6) is 0.126. The third-order valence-corrected chi connectivity index (χ3v) is 7.10. The molecule has 31 heavy (non-hydrogen) atoms. The van der Waals surface area contributed by atoms with Crippen molar-refractivity contribution in [3.05, 3.63) is 39.3 Å². The molecule has 0 saturated carbocycles. The van der Waals surface area contributed by atoms with Crippen LogP contribution in [0.4, 0.5) is 5.13 Å². The van der Waals surface area contributed by atoms with Gasteiger partial charge < -0.3 is 11.1 Å². The number of aryl methyl sites for hydroxylation is 3. The standard InChI is InChI=1S/C22H28N6O2S/c1-4-5-14-6-8-17-18(10-14)31-22(26-17)27-19(29)9-7-15-12(2)25-21-16(20(23)30)11-24-28(21)13(15)3/h11,14H,4-10H2,1-3H3,(H2,23,30)(H,26,27,29). The lowest BCUT2D eigenvalue weighted by molar-refractivity contribution is -0.116. The molecule has 1 aliphatic rings. The number of nitrogens with zero attached hydrogens (tertiary/aromatic N) is 4. The van der Waals surface area contributed by atoms with Crippen LogP contribution in [0.5, 0.6) is 0 Å². The minimum Gasteiger partial charge on any atom is -0.365 e. The fourth-order valence-corrected chi connectivity index (χ4v) is 5.56. The fraction of sp³-hybridized carbons (Fsp3) is 0.500. The molecule has 4 rings (SSSR count). The molecular weight excluding hydrogens is 412 g/mol. The van der Waals surface area contributed by atoms with E-state index in [2.05, 4.69) is 27.3 Å². The molecule has 0 radical (unpaired) electrons. The summed E-state index contributed by atoms with van der Waals surface area (Å²) in [6.07, 6.45) is 8.03. The number of aromatic nitrogens is 4. The first-order valence-electron chi connectivity index (χ1n) is 10.8. The number of hydrogen-bond acceptors (Lipinski definition) is 6. The summed E-state index contributed by atoms with van der Waals surface area (Å²) >= 11 is 1.62. The minimum absolute atomic E-state index is 0.0617. The summed E-state index contributed by atoms with van der Waals surface area (Å²) in [4.78, 5) is 34.6. The largest absolute Gasteiger partial charge is 0.365 e. The quantitative estimate of drug-likeness (QED) is 0.584. The average molecular weight is 441 g/mol. The number of nitrogens with two attached hydrogens (primary N) is 1. The monoisotopic (exact) mass is 440 g/mol. The first kappa shape index (κ1) is 21.4. The van der Waals surface area contributed by atoms with Crippen molar-refractivity contribution in [2.75, 3.05) is 5.32 Å². The van der Waals surface area contributed by atoms with Crippen molar-refractivity contribution in [2.45, 2.75) is 65.7 Å². The van der Waals surface area contributed by atoms with Gasteiger partial charge in [-0.05, 0) is 51.0 Å². The van der Waals surface area contributed by atoms with Crippen LogP contribution in [-0.2, 0) is 24.1 Å². The van der Waals surface area contributed by atoms with Gasteiger partial charge in [-0.3, -0.25) is 9.59 Å². The number of carbonyl (C=O) groups excluding carboxylic acids is 2. The third-order valence-electron chi connectivity index (χ3n) is 6.06. The Labute approximate surface area is 185 Å². The molecule has 8 nitrogen and oxygen atoms in total. The molecule has 164 valence electrons. The third kappa shape index (κ3) is 4.32. The molecule has 3 aromatic heterocycles. The molecule has 3 heterocycles. The Morgan fingerprint density at radius 2 is 2.13 bits per heavy atom. The van der Waals surface area contributed by atoms with Crippen LogP contribution < -0.4 is 11.1 Å². The van der Waals surface area contributed by atoms with Crippen LogP contribution in [0.2, 0.25) is 0 Å². The van der Waals surface area contributed by atoms with E-state index in [1.165, 1.54) is 30.3 Å². The highest BCUT2D eigenvalue weighted by Gasteiger charge is 2.23. The highest BCUT2D eigenvalue weighted by Crippen LogP contribution is 2.34. The second-order valence-corrected chi connectivity index (χ2v) is 9.34. The molecule has 0 aromatic carbocycles. The number of hydrogen-bond donors (Lipinski definition) is 2. The van der Waals surface area contributed by atoms with Gasteiger partial charge in [0.25, 0.3) is 5.91 Å². The van der Waals surface area contributed by atoms with E-state index in [1.54, 1.807) is 15.9 Å². The average Bonchev–Trinajstić information content (AvgIpc) is 3.31. The van der Waals surface area contributed by atoms with Gasteiger partial charge >= 0.3 is 0 Å². The molecule has 0 bridgehead atoms. The second kappa shape index (κ2) is 8.74. The zero-order valence-electron chi connectivity index (χ0n) is 18.2. The Balaban J connectivity index is 1.43. The van der Waals surface area contributed by atoms with Gasteiger partial charge in [-0.25, -0.2) is 14.5 Å². The fourth-order valence-electron chi connectivity index (χ4n) is 4.42. The maximum absolute atomic E-state index is 12.6. The smallest absolute Gasteiger partial charge is 0.254 e. The number of thiazole rings is 1. The minimum atomic E-state index is -0.555. The van der Waals surface area contributed by atoms with Gasteiger partial charge in [0, 0.05) is 22.7 Å². The zero-order chi connectivity index (χ0) is 22.1. The Hall–Kier alpha value is -2.81. The lowest BCUT2D eigenvalue weighted by Crippen LogP contribution is -2.15. The number of nitrogens with one attached hydrogen (secondary N) is 1. The molecular formula is C22H28N6O2S. The molecule has 0 saturated heterocycles. The maximum atomic E-state index is 12.6. The molecule has 2 amide bonds. The number of amides is 2. The number of anilines is 1. The highest BCUT2D eigenvalue weighted by atomic mass is 32.1. The van der Waals surface area contributed by atoms with Crippen LogP contribution >= 0.6 is 11.3 Å². The highest BCUT2D eigenvalue weighted by molar-refractivity contribution is 7.15. The van der Waals surface area contributed by atoms with E-state index >= 15 is 0 Å². The first-order valence-corrected chi connectivity index (χ1v) is 11.6. The van der Waals surface area contributed by atoms with Crippen molar-refractivity contribution >= 4 is 33.9 Å². The van der Waals surface area contributed by atoms with Crippen LogP contribution in [-0.4, -0.2) is 31.4 Å². The van der Waals surface area contributed by atoms with Crippen molar-refractivity contribution in [3.63, 3.8) is 0 Å². The molecule has 3 aromatic rings. The summed E-state index contributed by atoms with van der Waals surface area (Å²) in [6, 6.07) is 0. The molecule has 9 heteroatoms. The molecule has 1 unspecified atom stereocenters. The Morgan fingerprint density at radius 1 is 1.32 bits per heavy atom. The maximum Gasteiger partial charge on any atom is 0.254 e. The first-order chi connectivity index (χ1) is 14.9. The molecule has 0 fully saturated rings. The molecule has 0 aliphatic heterocycles. The summed E-state index contributed by atoms with van der Waals surface area (Å²) in [5.41, 5.74) is 9.87. The number of fused-ring (bicyclic) bond motifs is 2. The van der Waals surface area contributed by atoms with Gasteiger partial charge in [-0.2, -0.15) is 5.10 Å². The van der Waals surface area contributed by atoms with Gasteiger partial charge in [0.05, 0.1) is 11.9 Å². The summed E-state index contributed by atoms with van der Waals surface area (Å²) < 4.78 is 1.61. The van der Waals surface area contributed by atoms with Gasteiger partial charge in [-0.15, -0.1) is 11.3 Å². The number of carbonyl (C=O) groups is 2. The van der Waals surface area contributed by atoms with Crippen LogP contribution in [0.3, 0.4) is 0 Å². The van der Waals surface area contributed by atoms with E-state index in [0.717, 1.165) is 41.4 Å². The second-order valence-electron chi connectivity index (χ2n) is 8.25. The predicted octanol–water partition coefficient (Wildman–Crippen LogP) is 3.38. The van der Waals surface area contributed by atoms with E-state index in [9.17, 15) is 9.59 Å². The molecule has 1 atom stereocenters. The molecule has 3 N–H and O–H groups in total. The lowest BCUT2D eigenvalue weighted by Gasteiger charge is -2.19. The van der Waals surface area contributed by atoms with E-state index in [4.69, 9.17) is 5.73 Å². The van der Waals surface area contributed by atoms with Gasteiger partial charge in [-0.1, -0.05) is 19.8 Å². The van der Waals surface area contributed by atoms with Crippen molar-refractivity contribution < 1.29 is 9.59 Å². The Kier molecular flexibility index (Phi) is 6.04. The van der Waals surface area contributed by atoms with Crippen molar-refractivity contribution in [1.29, 1.82) is 0 Å². The Bertz CT molecular complexity index is 1150. The van der Waals surface area contributed by atoms with Crippen LogP contribution in [0.15, 0.2) is 6.20 Å². The molecule has 0 spiro atoms. The van der Waals surface area contributed by atoms with Crippen molar-refractivity contribution in [1.82, 2.24) is 19.6 Å². The van der Waals surface area contributed by atoms with E-state index in [0.29, 0.717) is 29.2 Å². The molecule has 1 aliphatic carbocycles. The summed E-state index contributed by atoms with van der Waals surface area (Å²) in [6.45, 7) is 6.02. The summed E-state index contributed by atoms with van der Waals surface area (Å²) in [7, 11) is 0. The van der Waals surface area contributed by atoms with E-state index in [1.807, 2.05) is 13.8 Å². The SMILES string of the molecule is CCCC1CCc2nc(NC(=O)CCc3c(C)nc4c(C(N)=O)cnn4c3C)sc2C1. The topological polar surface area (TPSA) is 115 Å². The van der Waals surface area contributed by atoms with Gasteiger partial charge in [0.1, 0.15) is 5.56 Å². The normalized spacial score (nSPS) is 15.8. The predicted molar refractivity (Wildman–Crippen MR) is 120 cm³/mol. The van der Waals surface area contributed by atoms with E-state index < -0.39 is 5.91 Å². The van der Waals surface area contributed by atoms with Crippen LogP contribution in [0, 0.1) is 19.8 Å². The van der Waals surface area contributed by atoms with Crippen molar-refractivity contribution in [2.24, 2.45) is 11.7 Å². The van der Waals surface area contributed by atoms with Crippen LogP contribution in [0.25, 0.3) is 5.65 Å². The van der Waals surface area contributed by atoms with Crippen LogP contribution in [0.1, 0.15) is 70.5 Å². The van der Waals surface area contributed by atoms with Gasteiger partial charge in [0.2, 0.25) is 5.91 Å². The number of rotatable bonds is 7.